The van der Waals surface area contributed by atoms with Crippen molar-refractivity contribution in [2.24, 2.45) is 11.7 Å². The summed E-state index contributed by atoms with van der Waals surface area (Å²) in [5.41, 5.74) is 5.15. The second kappa shape index (κ2) is 8.10. The summed E-state index contributed by atoms with van der Waals surface area (Å²) in [4.78, 5) is 23.1. The van der Waals surface area contributed by atoms with E-state index in [4.69, 9.17) is 10.8 Å². The van der Waals surface area contributed by atoms with Gasteiger partial charge in [-0.2, -0.15) is 0 Å². The molecule has 0 aliphatic rings. The Morgan fingerprint density at radius 1 is 1.31 bits per heavy atom. The quantitative estimate of drug-likeness (QED) is 0.571. The average molecular weight is 230 g/mol. The monoisotopic (exact) mass is 230 g/mol. The molecule has 16 heavy (non-hydrogen) atoms. The first-order valence-corrected chi connectivity index (χ1v) is 5.64. The summed E-state index contributed by atoms with van der Waals surface area (Å²) in [5, 5.41) is 8.48. The van der Waals surface area contributed by atoms with Crippen molar-refractivity contribution in [1.82, 2.24) is 4.90 Å². The van der Waals surface area contributed by atoms with Gasteiger partial charge in [-0.1, -0.05) is 13.8 Å². The zero-order valence-electron chi connectivity index (χ0n) is 10.1. The van der Waals surface area contributed by atoms with Crippen LogP contribution in [0, 0.1) is 5.92 Å². The molecule has 0 heterocycles. The Bertz CT molecular complexity index is 229. The molecular weight excluding hydrogens is 208 g/mol. The molecule has 0 aromatic carbocycles. The molecule has 94 valence electrons. The Kier molecular flexibility index (Phi) is 7.54. The maximum absolute atomic E-state index is 10.8. The smallest absolute Gasteiger partial charge is 0.303 e. The Morgan fingerprint density at radius 3 is 2.38 bits per heavy atom. The lowest BCUT2D eigenvalue weighted by molar-refractivity contribution is -0.137. The van der Waals surface area contributed by atoms with Crippen molar-refractivity contribution in [2.45, 2.75) is 33.1 Å². The largest absolute Gasteiger partial charge is 0.481 e. The van der Waals surface area contributed by atoms with Crippen molar-refractivity contribution in [1.29, 1.82) is 0 Å². The van der Waals surface area contributed by atoms with Gasteiger partial charge in [0.2, 0.25) is 5.91 Å². The minimum atomic E-state index is -0.773. The summed E-state index contributed by atoms with van der Waals surface area (Å²) in [6.45, 7) is 5.95. The van der Waals surface area contributed by atoms with E-state index in [0.717, 1.165) is 19.5 Å². The van der Waals surface area contributed by atoms with Crippen LogP contribution in [0.15, 0.2) is 0 Å². The second-order valence-electron chi connectivity index (χ2n) is 4.45. The fraction of sp³-hybridized carbons (Fsp3) is 0.818. The fourth-order valence-electron chi connectivity index (χ4n) is 1.58. The Hall–Kier alpha value is -1.10. The third kappa shape index (κ3) is 9.45. The Labute approximate surface area is 96.6 Å². The minimum absolute atomic E-state index is 0.187. The van der Waals surface area contributed by atoms with Crippen LogP contribution in [0.1, 0.15) is 33.1 Å². The van der Waals surface area contributed by atoms with Crippen molar-refractivity contribution >= 4 is 11.9 Å². The molecule has 0 bridgehead atoms. The summed E-state index contributed by atoms with van der Waals surface area (Å²) in [6.07, 6.45) is 1.61. The third-order valence-electron chi connectivity index (χ3n) is 2.12. The summed E-state index contributed by atoms with van der Waals surface area (Å²) in [5.74, 6) is -0.636. The Balaban J connectivity index is 3.82. The highest BCUT2D eigenvalue weighted by Crippen LogP contribution is 2.02. The lowest BCUT2D eigenvalue weighted by Crippen LogP contribution is -2.36. The van der Waals surface area contributed by atoms with E-state index < -0.39 is 5.97 Å². The molecule has 3 N–H and O–H groups in total. The molecule has 0 spiro atoms. The van der Waals surface area contributed by atoms with Crippen LogP contribution < -0.4 is 5.73 Å². The highest BCUT2D eigenvalue weighted by molar-refractivity contribution is 5.75. The highest BCUT2D eigenvalue weighted by Gasteiger charge is 2.10. The average Bonchev–Trinajstić information content (AvgIpc) is 2.09. The molecule has 0 saturated heterocycles. The lowest BCUT2D eigenvalue weighted by atomic mass is 10.2. The fourth-order valence-corrected chi connectivity index (χ4v) is 1.58. The number of carbonyl (C=O) groups excluding carboxylic acids is 1. The molecule has 0 aromatic rings. The molecule has 0 fully saturated rings. The number of hydrogen-bond acceptors (Lipinski definition) is 3. The molecule has 1 amide bonds. The van der Waals surface area contributed by atoms with Gasteiger partial charge in [0, 0.05) is 13.0 Å². The highest BCUT2D eigenvalue weighted by atomic mass is 16.4. The topological polar surface area (TPSA) is 83.6 Å². The van der Waals surface area contributed by atoms with E-state index in [-0.39, 0.29) is 18.9 Å². The second-order valence-corrected chi connectivity index (χ2v) is 4.45. The van der Waals surface area contributed by atoms with E-state index in [0.29, 0.717) is 12.3 Å². The number of unbranched alkanes of at least 4 members (excludes halogenated alkanes) is 1. The van der Waals surface area contributed by atoms with Crippen LogP contribution in [-0.2, 0) is 9.59 Å². The summed E-state index contributed by atoms with van der Waals surface area (Å²) in [6, 6.07) is 0. The molecule has 0 atom stereocenters. The number of hydrogen-bond donors (Lipinski definition) is 2. The number of aliphatic carboxylic acids is 1. The summed E-state index contributed by atoms with van der Waals surface area (Å²) in [7, 11) is 0. The van der Waals surface area contributed by atoms with Gasteiger partial charge < -0.3 is 10.8 Å². The predicted octanol–water partition coefficient (Wildman–Crippen LogP) is 0.685. The molecular formula is C11H22N2O3. The van der Waals surface area contributed by atoms with Crippen molar-refractivity contribution in [3.05, 3.63) is 0 Å². The van der Waals surface area contributed by atoms with Gasteiger partial charge in [-0.3, -0.25) is 14.5 Å². The maximum atomic E-state index is 10.8. The van der Waals surface area contributed by atoms with Crippen LogP contribution in [-0.4, -0.2) is 41.5 Å². The molecule has 0 radical (unpaired) electrons. The molecule has 5 heteroatoms. The number of carboxylic acid groups (broad SMARTS) is 1. The maximum Gasteiger partial charge on any atom is 0.303 e. The van der Waals surface area contributed by atoms with Gasteiger partial charge in [0.1, 0.15) is 0 Å². The van der Waals surface area contributed by atoms with Crippen LogP contribution in [0.4, 0.5) is 0 Å². The molecule has 0 aliphatic heterocycles. The van der Waals surface area contributed by atoms with Crippen LogP contribution >= 0.6 is 0 Å². The standard InChI is InChI=1S/C11H22N2O3/c1-9(2)7-13(8-10(12)14)6-4-3-5-11(15)16/h9H,3-8H2,1-2H3,(H2,12,14)(H,15,16). The van der Waals surface area contributed by atoms with Crippen molar-refractivity contribution < 1.29 is 14.7 Å². The van der Waals surface area contributed by atoms with Gasteiger partial charge in [0.05, 0.1) is 6.54 Å². The summed E-state index contributed by atoms with van der Waals surface area (Å²) >= 11 is 0. The van der Waals surface area contributed by atoms with Gasteiger partial charge in [-0.15, -0.1) is 0 Å². The third-order valence-corrected chi connectivity index (χ3v) is 2.12. The minimum Gasteiger partial charge on any atom is -0.481 e. The number of carbonyl (C=O) groups is 2. The number of carboxylic acids is 1. The van der Waals surface area contributed by atoms with E-state index >= 15 is 0 Å². The van der Waals surface area contributed by atoms with Crippen molar-refractivity contribution in [3.63, 3.8) is 0 Å². The number of nitrogens with two attached hydrogens (primary N) is 1. The SMILES string of the molecule is CC(C)CN(CCCCC(=O)O)CC(N)=O. The zero-order chi connectivity index (χ0) is 12.6. The van der Waals surface area contributed by atoms with E-state index in [1.807, 2.05) is 4.90 Å². The van der Waals surface area contributed by atoms with E-state index in [1.165, 1.54) is 0 Å². The van der Waals surface area contributed by atoms with Crippen LogP contribution in [0.2, 0.25) is 0 Å². The first kappa shape index (κ1) is 14.9. The molecule has 0 rings (SSSR count). The van der Waals surface area contributed by atoms with E-state index in [2.05, 4.69) is 13.8 Å². The van der Waals surface area contributed by atoms with E-state index in [1.54, 1.807) is 0 Å². The molecule has 5 nitrogen and oxygen atoms in total. The zero-order valence-corrected chi connectivity index (χ0v) is 10.1. The first-order chi connectivity index (χ1) is 7.41. The number of rotatable bonds is 9. The molecule has 0 aliphatic carbocycles. The lowest BCUT2D eigenvalue weighted by Gasteiger charge is -2.22. The van der Waals surface area contributed by atoms with Crippen LogP contribution in [0.3, 0.4) is 0 Å². The van der Waals surface area contributed by atoms with E-state index in [9.17, 15) is 9.59 Å². The number of primary amides is 1. The predicted molar refractivity (Wildman–Crippen MR) is 62.0 cm³/mol. The molecule has 0 aromatic heterocycles. The van der Waals surface area contributed by atoms with Gasteiger partial charge in [-0.05, 0) is 25.3 Å². The van der Waals surface area contributed by atoms with Gasteiger partial charge in [0.15, 0.2) is 0 Å². The first-order valence-electron chi connectivity index (χ1n) is 5.64. The summed E-state index contributed by atoms with van der Waals surface area (Å²) < 4.78 is 0. The van der Waals surface area contributed by atoms with Crippen LogP contribution in [0.5, 0.6) is 0 Å². The van der Waals surface area contributed by atoms with Gasteiger partial charge in [0.25, 0.3) is 0 Å². The van der Waals surface area contributed by atoms with Crippen molar-refractivity contribution in [2.75, 3.05) is 19.6 Å². The van der Waals surface area contributed by atoms with Gasteiger partial charge >= 0.3 is 5.97 Å². The molecule has 0 unspecified atom stereocenters. The van der Waals surface area contributed by atoms with Crippen LogP contribution in [0.25, 0.3) is 0 Å². The van der Waals surface area contributed by atoms with Gasteiger partial charge in [-0.25, -0.2) is 0 Å². The molecule has 0 saturated carbocycles. The van der Waals surface area contributed by atoms with Crippen molar-refractivity contribution in [3.8, 4) is 0 Å². The number of nitrogens with zero attached hydrogens (tertiary/aromatic N) is 1. The normalized spacial score (nSPS) is 11.0. The number of amides is 1. The Morgan fingerprint density at radius 2 is 1.94 bits per heavy atom.